The van der Waals surface area contributed by atoms with Crippen molar-refractivity contribution in [2.24, 2.45) is 5.92 Å². The zero-order valence-electron chi connectivity index (χ0n) is 13.8. The third kappa shape index (κ3) is 5.04. The monoisotopic (exact) mass is 412 g/mol. The van der Waals surface area contributed by atoms with Crippen LogP contribution in [0.15, 0.2) is 22.5 Å². The first kappa shape index (κ1) is 18.8. The average Bonchev–Trinajstić information content (AvgIpc) is 3.03. The molecular weight excluding hydrogens is 395 g/mol. The van der Waals surface area contributed by atoms with E-state index in [4.69, 9.17) is 23.2 Å². The quantitative estimate of drug-likeness (QED) is 0.285. The highest BCUT2D eigenvalue weighted by molar-refractivity contribution is 8.01. The number of anilines is 1. The maximum Gasteiger partial charge on any atom is 0.230 e. The summed E-state index contributed by atoms with van der Waals surface area (Å²) in [7, 11) is 0. The zero-order valence-corrected chi connectivity index (χ0v) is 16.9. The highest BCUT2D eigenvalue weighted by atomic mass is 35.5. The first-order chi connectivity index (χ1) is 12.0. The zero-order chi connectivity index (χ0) is 17.9. The first-order valence-electron chi connectivity index (χ1n) is 8.17. The van der Waals surface area contributed by atoms with Gasteiger partial charge >= 0.3 is 0 Å². The summed E-state index contributed by atoms with van der Waals surface area (Å²) in [5.74, 6) is 6.82. The standard InChI is InChI=1S/C18H18Cl2N2OS2/c1-2-3-4-5-6-9-24-17-22-14-8-7-12(10-15(14)25-17)21-16(23)13-11-18(13,19)20/h7-8,10,13H,2-3,6,9,11H2,1H3,(H,21,23). The Morgan fingerprint density at radius 1 is 1.44 bits per heavy atom. The number of fused-ring (bicyclic) bond motifs is 1. The minimum absolute atomic E-state index is 0.130. The van der Waals surface area contributed by atoms with Gasteiger partial charge in [0.25, 0.3) is 0 Å². The van der Waals surface area contributed by atoms with Gasteiger partial charge in [0.2, 0.25) is 5.91 Å². The molecule has 1 atom stereocenters. The van der Waals surface area contributed by atoms with Crippen LogP contribution in [0.5, 0.6) is 0 Å². The molecule has 1 heterocycles. The van der Waals surface area contributed by atoms with Crippen LogP contribution in [0.1, 0.15) is 32.6 Å². The number of aromatic nitrogens is 1. The number of nitrogens with zero attached hydrogens (tertiary/aromatic N) is 1. The summed E-state index contributed by atoms with van der Waals surface area (Å²) in [4.78, 5) is 16.7. The number of amides is 1. The summed E-state index contributed by atoms with van der Waals surface area (Å²) in [6, 6.07) is 5.73. The van der Waals surface area contributed by atoms with E-state index in [1.54, 1.807) is 23.1 Å². The fourth-order valence-electron chi connectivity index (χ4n) is 2.26. The van der Waals surface area contributed by atoms with Gasteiger partial charge in [-0.05, 0) is 31.0 Å². The molecule has 0 spiro atoms. The van der Waals surface area contributed by atoms with Gasteiger partial charge < -0.3 is 5.32 Å². The number of unbranched alkanes of at least 4 members (excludes halogenated alkanes) is 1. The molecule has 1 aliphatic rings. The van der Waals surface area contributed by atoms with Crippen LogP contribution in [0.2, 0.25) is 0 Å². The Kier molecular flexibility index (Phi) is 6.17. The van der Waals surface area contributed by atoms with Crippen LogP contribution in [0.25, 0.3) is 10.2 Å². The fourth-order valence-corrected chi connectivity index (χ4v) is 4.80. The summed E-state index contributed by atoms with van der Waals surface area (Å²) in [6.45, 7) is 2.13. The second-order valence-corrected chi connectivity index (χ2v) is 9.79. The molecule has 2 aromatic rings. The van der Waals surface area contributed by atoms with Gasteiger partial charge in [-0.25, -0.2) is 4.98 Å². The van der Waals surface area contributed by atoms with Crippen molar-refractivity contribution in [3.05, 3.63) is 18.2 Å². The molecular formula is C18H18Cl2N2OS2. The second kappa shape index (κ2) is 8.18. The number of carbonyl (C=O) groups is 1. The summed E-state index contributed by atoms with van der Waals surface area (Å²) in [5, 5.41) is 2.88. The van der Waals surface area contributed by atoms with Gasteiger partial charge in [-0.1, -0.05) is 18.7 Å². The van der Waals surface area contributed by atoms with E-state index in [2.05, 4.69) is 29.1 Å². The van der Waals surface area contributed by atoms with Crippen LogP contribution < -0.4 is 5.32 Å². The van der Waals surface area contributed by atoms with E-state index >= 15 is 0 Å². The van der Waals surface area contributed by atoms with Gasteiger partial charge in [0.05, 0.1) is 16.1 Å². The number of alkyl halides is 2. The van der Waals surface area contributed by atoms with E-state index in [0.29, 0.717) is 6.42 Å². The van der Waals surface area contributed by atoms with E-state index in [-0.39, 0.29) is 11.8 Å². The molecule has 0 saturated heterocycles. The van der Waals surface area contributed by atoms with Gasteiger partial charge in [0.15, 0.2) is 4.34 Å². The summed E-state index contributed by atoms with van der Waals surface area (Å²) >= 11 is 15.2. The van der Waals surface area contributed by atoms with E-state index < -0.39 is 4.33 Å². The number of hydrogen-bond donors (Lipinski definition) is 1. The maximum atomic E-state index is 12.1. The van der Waals surface area contributed by atoms with E-state index in [9.17, 15) is 4.79 Å². The van der Waals surface area contributed by atoms with Crippen LogP contribution in [0.3, 0.4) is 0 Å². The number of benzene rings is 1. The van der Waals surface area contributed by atoms with Crippen molar-refractivity contribution < 1.29 is 4.79 Å². The highest BCUT2D eigenvalue weighted by Gasteiger charge is 2.56. The molecule has 1 amide bonds. The van der Waals surface area contributed by atoms with Crippen molar-refractivity contribution in [1.29, 1.82) is 0 Å². The number of thioether (sulfide) groups is 1. The van der Waals surface area contributed by atoms with Crippen molar-refractivity contribution in [3.63, 3.8) is 0 Å². The number of hydrogen-bond acceptors (Lipinski definition) is 4. The van der Waals surface area contributed by atoms with Gasteiger partial charge in [-0.3, -0.25) is 4.79 Å². The molecule has 25 heavy (non-hydrogen) atoms. The van der Waals surface area contributed by atoms with E-state index in [1.807, 2.05) is 18.2 Å². The molecule has 1 aliphatic carbocycles. The molecule has 132 valence electrons. The van der Waals surface area contributed by atoms with Crippen LogP contribution in [0, 0.1) is 17.8 Å². The summed E-state index contributed by atoms with van der Waals surface area (Å²) < 4.78 is 1.18. The minimum atomic E-state index is -0.900. The Balaban J connectivity index is 1.58. The van der Waals surface area contributed by atoms with Gasteiger partial charge in [0, 0.05) is 24.3 Å². The van der Waals surface area contributed by atoms with Crippen LogP contribution in [-0.2, 0) is 4.79 Å². The van der Waals surface area contributed by atoms with Gasteiger partial charge in [0.1, 0.15) is 4.33 Å². The molecule has 7 heteroatoms. The SMILES string of the molecule is CCCC#CCCSc1nc2ccc(NC(=O)C3CC3(Cl)Cl)cc2s1. The topological polar surface area (TPSA) is 42.0 Å². The predicted octanol–water partition coefficient (Wildman–Crippen LogP) is 5.71. The Morgan fingerprint density at radius 3 is 2.92 bits per heavy atom. The van der Waals surface area contributed by atoms with E-state index in [1.165, 1.54) is 0 Å². The second-order valence-electron chi connectivity index (χ2n) is 5.87. The number of halogens is 2. The van der Waals surface area contributed by atoms with Gasteiger partial charge in [-0.15, -0.1) is 46.4 Å². The lowest BCUT2D eigenvalue weighted by molar-refractivity contribution is -0.117. The van der Waals surface area contributed by atoms with Crippen molar-refractivity contribution >= 4 is 68.1 Å². The molecule has 1 aromatic carbocycles. The Bertz CT molecular complexity index is 838. The fraction of sp³-hybridized carbons (Fsp3) is 0.444. The molecule has 1 fully saturated rings. The molecule has 1 aromatic heterocycles. The lowest BCUT2D eigenvalue weighted by Gasteiger charge is -2.04. The Morgan fingerprint density at radius 2 is 2.20 bits per heavy atom. The molecule has 0 bridgehead atoms. The van der Waals surface area contributed by atoms with E-state index in [0.717, 1.165) is 45.3 Å². The molecule has 0 aliphatic heterocycles. The third-order valence-corrected chi connectivity index (χ3v) is 6.73. The van der Waals surface area contributed by atoms with Crippen LogP contribution >= 0.6 is 46.3 Å². The van der Waals surface area contributed by atoms with Crippen molar-refractivity contribution in [1.82, 2.24) is 4.98 Å². The highest BCUT2D eigenvalue weighted by Crippen LogP contribution is 2.53. The van der Waals surface area contributed by atoms with Crippen molar-refractivity contribution in [3.8, 4) is 11.8 Å². The molecule has 3 nitrogen and oxygen atoms in total. The number of nitrogens with one attached hydrogen (secondary N) is 1. The predicted molar refractivity (Wildman–Crippen MR) is 109 cm³/mol. The molecule has 1 saturated carbocycles. The first-order valence-corrected chi connectivity index (χ1v) is 10.7. The smallest absolute Gasteiger partial charge is 0.230 e. The lowest BCUT2D eigenvalue weighted by Crippen LogP contribution is -2.16. The van der Waals surface area contributed by atoms with Crippen LogP contribution in [0.4, 0.5) is 5.69 Å². The molecule has 0 radical (unpaired) electrons. The number of carbonyl (C=O) groups excluding carboxylic acids is 1. The van der Waals surface area contributed by atoms with Crippen LogP contribution in [-0.4, -0.2) is 21.0 Å². The molecule has 3 rings (SSSR count). The van der Waals surface area contributed by atoms with Gasteiger partial charge in [-0.2, -0.15) is 0 Å². The largest absolute Gasteiger partial charge is 0.326 e. The number of thiazole rings is 1. The normalized spacial score (nSPS) is 17.8. The summed E-state index contributed by atoms with van der Waals surface area (Å²) in [6.07, 6.45) is 3.46. The third-order valence-electron chi connectivity index (χ3n) is 3.73. The molecule has 1 N–H and O–H groups in total. The summed E-state index contributed by atoms with van der Waals surface area (Å²) in [5.41, 5.74) is 1.69. The maximum absolute atomic E-state index is 12.1. The number of rotatable bonds is 6. The molecule has 1 unspecified atom stereocenters. The lowest BCUT2D eigenvalue weighted by atomic mass is 10.3. The average molecular weight is 413 g/mol. The Labute approximate surface area is 165 Å². The Hall–Kier alpha value is -0.930. The minimum Gasteiger partial charge on any atom is -0.326 e. The van der Waals surface area contributed by atoms with Crippen molar-refractivity contribution in [2.45, 2.75) is 41.3 Å². The van der Waals surface area contributed by atoms with Crippen molar-refractivity contribution in [2.75, 3.05) is 11.1 Å².